The number of aliphatic imine (C=N–C) groups is 1. The third-order valence-electron chi connectivity index (χ3n) is 3.28. The van der Waals surface area contributed by atoms with E-state index in [0.29, 0.717) is 18.0 Å². The van der Waals surface area contributed by atoms with E-state index < -0.39 is 0 Å². The van der Waals surface area contributed by atoms with Gasteiger partial charge in [-0.3, -0.25) is 4.99 Å². The molecule has 0 fully saturated rings. The van der Waals surface area contributed by atoms with Crippen molar-refractivity contribution in [1.29, 1.82) is 0 Å². The van der Waals surface area contributed by atoms with Crippen LogP contribution in [-0.2, 0) is 6.54 Å². The van der Waals surface area contributed by atoms with E-state index in [0.717, 1.165) is 30.4 Å². The average molecular weight is 407 g/mol. The minimum absolute atomic E-state index is 0. The van der Waals surface area contributed by atoms with Gasteiger partial charge in [0.15, 0.2) is 17.5 Å². The van der Waals surface area contributed by atoms with Crippen LogP contribution >= 0.6 is 24.0 Å². The number of methoxy groups -OCH3 is 3. The summed E-state index contributed by atoms with van der Waals surface area (Å²) in [5.41, 5.74) is 0.994. The van der Waals surface area contributed by atoms with Gasteiger partial charge in [0.1, 0.15) is 5.75 Å². The molecular weight excluding hydrogens is 385 g/mol. The van der Waals surface area contributed by atoms with Gasteiger partial charge in [0.2, 0.25) is 0 Å². The summed E-state index contributed by atoms with van der Waals surface area (Å²) in [6.07, 6.45) is 0. The predicted octanol–water partition coefficient (Wildman–Crippen LogP) is 1.72. The lowest BCUT2D eigenvalue weighted by Crippen LogP contribution is -2.35. The summed E-state index contributed by atoms with van der Waals surface area (Å²) < 4.78 is 16.0. The Hall–Kier alpha value is -1.38. The van der Waals surface area contributed by atoms with Gasteiger partial charge in [0.25, 0.3) is 0 Å². The van der Waals surface area contributed by atoms with Gasteiger partial charge in [-0.1, -0.05) is 0 Å². The first kappa shape index (κ1) is 17.7. The molecule has 21 heavy (non-hydrogen) atoms. The first-order chi connectivity index (χ1) is 9.69. The van der Waals surface area contributed by atoms with E-state index in [2.05, 4.69) is 15.2 Å². The molecule has 0 bridgehead atoms. The summed E-state index contributed by atoms with van der Waals surface area (Å²) >= 11 is 0. The van der Waals surface area contributed by atoms with E-state index in [1.54, 1.807) is 21.3 Å². The number of rotatable bonds is 5. The van der Waals surface area contributed by atoms with Gasteiger partial charge >= 0.3 is 0 Å². The highest BCUT2D eigenvalue weighted by molar-refractivity contribution is 14.0. The van der Waals surface area contributed by atoms with E-state index in [-0.39, 0.29) is 24.0 Å². The molecule has 0 saturated carbocycles. The Morgan fingerprint density at radius 2 is 1.71 bits per heavy atom. The molecule has 0 aromatic heterocycles. The van der Waals surface area contributed by atoms with Crippen molar-refractivity contribution < 1.29 is 14.2 Å². The lowest BCUT2D eigenvalue weighted by molar-refractivity contribution is 0.347. The number of hydrogen-bond donors (Lipinski definition) is 1. The van der Waals surface area contributed by atoms with E-state index in [9.17, 15) is 0 Å². The number of ether oxygens (including phenoxy) is 3. The topological polar surface area (TPSA) is 55.3 Å². The van der Waals surface area contributed by atoms with Gasteiger partial charge in [-0.25, -0.2) is 0 Å². The van der Waals surface area contributed by atoms with Gasteiger partial charge in [-0.05, 0) is 6.07 Å². The fourth-order valence-electron chi connectivity index (χ4n) is 2.13. The fraction of sp³-hybridized carbons (Fsp3) is 0.500. The molecule has 1 aromatic rings. The van der Waals surface area contributed by atoms with Crippen LogP contribution in [0.15, 0.2) is 17.1 Å². The highest BCUT2D eigenvalue weighted by atomic mass is 127. The van der Waals surface area contributed by atoms with Crippen LogP contribution in [-0.4, -0.2) is 52.3 Å². The van der Waals surface area contributed by atoms with Crippen LogP contribution in [0.25, 0.3) is 0 Å². The first-order valence-electron chi connectivity index (χ1n) is 6.48. The molecule has 1 aliphatic heterocycles. The number of likely N-dealkylation sites (N-methyl/N-ethyl adjacent to an activating group) is 1. The van der Waals surface area contributed by atoms with E-state index in [4.69, 9.17) is 14.2 Å². The molecular formula is C14H22IN3O3. The molecule has 1 aromatic carbocycles. The molecule has 118 valence electrons. The van der Waals surface area contributed by atoms with Crippen LogP contribution in [0.1, 0.15) is 5.56 Å². The van der Waals surface area contributed by atoms with Crippen molar-refractivity contribution in [2.24, 2.45) is 4.99 Å². The van der Waals surface area contributed by atoms with E-state index >= 15 is 0 Å². The molecule has 0 saturated heterocycles. The smallest absolute Gasteiger partial charge is 0.194 e. The number of benzene rings is 1. The maximum atomic E-state index is 5.40. The van der Waals surface area contributed by atoms with Crippen molar-refractivity contribution in [3.63, 3.8) is 0 Å². The predicted molar refractivity (Wildman–Crippen MR) is 93.3 cm³/mol. The van der Waals surface area contributed by atoms with Crippen molar-refractivity contribution in [2.45, 2.75) is 6.54 Å². The van der Waals surface area contributed by atoms with Gasteiger partial charge in [0.05, 0.1) is 27.9 Å². The Labute approximate surface area is 142 Å². The first-order valence-corrected chi connectivity index (χ1v) is 6.48. The van der Waals surface area contributed by atoms with Crippen LogP contribution in [0.2, 0.25) is 0 Å². The van der Waals surface area contributed by atoms with Crippen molar-refractivity contribution in [3.05, 3.63) is 17.7 Å². The molecule has 0 aliphatic carbocycles. The Kier molecular flexibility index (Phi) is 6.86. The van der Waals surface area contributed by atoms with Crippen LogP contribution < -0.4 is 19.5 Å². The second-order valence-electron chi connectivity index (χ2n) is 4.50. The number of hydrogen-bond acceptors (Lipinski definition) is 6. The van der Waals surface area contributed by atoms with Crippen LogP contribution in [0.4, 0.5) is 0 Å². The molecule has 0 unspecified atom stereocenters. The minimum atomic E-state index is 0. The molecule has 0 spiro atoms. The summed E-state index contributed by atoms with van der Waals surface area (Å²) in [5.74, 6) is 3.01. The lowest BCUT2D eigenvalue weighted by Gasteiger charge is -2.18. The highest BCUT2D eigenvalue weighted by Gasteiger charge is 2.15. The number of nitrogens with one attached hydrogen (secondary N) is 1. The third-order valence-corrected chi connectivity index (χ3v) is 3.28. The van der Waals surface area contributed by atoms with Crippen LogP contribution in [0, 0.1) is 0 Å². The Morgan fingerprint density at radius 1 is 1.10 bits per heavy atom. The minimum Gasteiger partial charge on any atom is -0.496 e. The normalized spacial score (nSPS) is 13.3. The van der Waals surface area contributed by atoms with Crippen LogP contribution in [0.5, 0.6) is 17.2 Å². The summed E-state index contributed by atoms with van der Waals surface area (Å²) in [4.78, 5) is 6.49. The Morgan fingerprint density at radius 3 is 2.24 bits per heavy atom. The summed E-state index contributed by atoms with van der Waals surface area (Å²) in [6, 6.07) is 3.75. The number of halogens is 1. The average Bonchev–Trinajstić information content (AvgIpc) is 2.89. The molecule has 1 N–H and O–H groups in total. The van der Waals surface area contributed by atoms with Crippen molar-refractivity contribution in [3.8, 4) is 17.2 Å². The zero-order chi connectivity index (χ0) is 14.5. The molecule has 0 radical (unpaired) electrons. The second-order valence-corrected chi connectivity index (χ2v) is 4.50. The molecule has 1 heterocycles. The van der Waals surface area contributed by atoms with E-state index in [1.807, 2.05) is 19.2 Å². The van der Waals surface area contributed by atoms with Gasteiger partial charge in [-0.2, -0.15) is 0 Å². The summed E-state index contributed by atoms with van der Waals surface area (Å²) in [6.45, 7) is 2.40. The Balaban J connectivity index is 0.00000220. The van der Waals surface area contributed by atoms with E-state index in [1.165, 1.54) is 0 Å². The van der Waals surface area contributed by atoms with Crippen molar-refractivity contribution in [1.82, 2.24) is 10.2 Å². The van der Waals surface area contributed by atoms with Crippen LogP contribution in [0.3, 0.4) is 0 Å². The zero-order valence-corrected chi connectivity index (χ0v) is 15.1. The maximum absolute atomic E-state index is 5.40. The summed E-state index contributed by atoms with van der Waals surface area (Å²) in [5, 5.41) is 3.31. The molecule has 6 nitrogen and oxygen atoms in total. The molecule has 0 amide bonds. The monoisotopic (exact) mass is 407 g/mol. The van der Waals surface area contributed by atoms with Crippen molar-refractivity contribution >= 4 is 29.9 Å². The second kappa shape index (κ2) is 8.16. The third kappa shape index (κ3) is 4.05. The SMILES string of the molecule is COc1cc(OC)c(OC)cc1CNC1=NCCN1C.I. The quantitative estimate of drug-likeness (QED) is 0.754. The molecule has 0 atom stereocenters. The maximum Gasteiger partial charge on any atom is 0.194 e. The fourth-order valence-corrected chi connectivity index (χ4v) is 2.13. The zero-order valence-electron chi connectivity index (χ0n) is 12.8. The van der Waals surface area contributed by atoms with Gasteiger partial charge in [0, 0.05) is 31.8 Å². The molecule has 2 rings (SSSR count). The standard InChI is InChI=1S/C14H21N3O3.HI/c1-17-6-5-15-14(17)16-9-10-7-12(19-3)13(20-4)8-11(10)18-2;/h7-8H,5-6,9H2,1-4H3,(H,15,16);1H. The Bertz CT molecular complexity index is 508. The summed E-state index contributed by atoms with van der Waals surface area (Å²) in [7, 11) is 6.89. The molecule has 7 heteroatoms. The van der Waals surface area contributed by atoms with Crippen molar-refractivity contribution in [2.75, 3.05) is 41.5 Å². The van der Waals surface area contributed by atoms with Gasteiger partial charge < -0.3 is 24.4 Å². The largest absolute Gasteiger partial charge is 0.496 e. The highest BCUT2D eigenvalue weighted by Crippen LogP contribution is 2.34. The lowest BCUT2D eigenvalue weighted by atomic mass is 10.1. The number of nitrogens with zero attached hydrogens (tertiary/aromatic N) is 2. The molecule has 1 aliphatic rings. The van der Waals surface area contributed by atoms with Gasteiger partial charge in [-0.15, -0.1) is 24.0 Å². The number of guanidine groups is 1.